The van der Waals surface area contributed by atoms with Gasteiger partial charge in [0.25, 0.3) is 5.91 Å². The Morgan fingerprint density at radius 2 is 1.96 bits per heavy atom. The minimum Gasteiger partial charge on any atom is -0.379 e. The fraction of sp³-hybridized carbons (Fsp3) is 0.632. The molecule has 2 atom stereocenters. The van der Waals surface area contributed by atoms with Gasteiger partial charge in [-0.3, -0.25) is 4.79 Å². The monoisotopic (exact) mass is 380 g/mol. The van der Waals surface area contributed by atoms with Gasteiger partial charge in [-0.1, -0.05) is 32.3 Å². The number of hydrogen-bond acceptors (Lipinski definition) is 4. The maximum Gasteiger partial charge on any atom is 0.251 e. The van der Waals surface area contributed by atoms with Crippen LogP contribution in [-0.4, -0.2) is 51.0 Å². The molecule has 0 bridgehead atoms. The van der Waals surface area contributed by atoms with Gasteiger partial charge < -0.3 is 10.1 Å². The van der Waals surface area contributed by atoms with Crippen LogP contribution in [0.4, 0.5) is 0 Å². The number of amides is 1. The maximum absolute atomic E-state index is 12.8. The van der Waals surface area contributed by atoms with E-state index in [4.69, 9.17) is 4.74 Å². The Morgan fingerprint density at radius 1 is 1.23 bits per heavy atom. The molecule has 1 aliphatic heterocycles. The Labute approximate surface area is 156 Å². The maximum atomic E-state index is 12.8. The van der Waals surface area contributed by atoms with Gasteiger partial charge in [0.1, 0.15) is 0 Å². The van der Waals surface area contributed by atoms with Crippen LogP contribution >= 0.6 is 0 Å². The zero-order chi connectivity index (χ0) is 18.6. The van der Waals surface area contributed by atoms with Crippen LogP contribution in [0.25, 0.3) is 0 Å². The Balaban J connectivity index is 1.75. The van der Waals surface area contributed by atoms with Crippen LogP contribution in [0.3, 0.4) is 0 Å². The van der Waals surface area contributed by atoms with Crippen molar-refractivity contribution in [3.63, 3.8) is 0 Å². The number of morpholine rings is 1. The molecule has 7 heteroatoms. The fourth-order valence-electron chi connectivity index (χ4n) is 3.87. The summed E-state index contributed by atoms with van der Waals surface area (Å²) in [6.45, 7) is 3.65. The molecule has 1 amide bonds. The fourth-order valence-corrected chi connectivity index (χ4v) is 5.33. The average molecular weight is 381 g/mol. The first-order valence-electron chi connectivity index (χ1n) is 9.51. The summed E-state index contributed by atoms with van der Waals surface area (Å²) < 4.78 is 32.2. The molecular formula is C19H28N2O4S. The molecule has 0 aromatic heterocycles. The van der Waals surface area contributed by atoms with Crippen molar-refractivity contribution < 1.29 is 17.9 Å². The standard InChI is InChI=1S/C19H28N2O4S/c1-2-15-6-3-4-9-18(15)20-19(22)16-7-5-8-17(14-16)26(23,24)21-10-12-25-13-11-21/h5,7-8,14-15,18H,2-4,6,9-13H2,1H3,(H,20,22). The van der Waals surface area contributed by atoms with E-state index in [9.17, 15) is 13.2 Å². The second-order valence-electron chi connectivity index (χ2n) is 7.08. The zero-order valence-corrected chi connectivity index (χ0v) is 16.1. The van der Waals surface area contributed by atoms with Gasteiger partial charge in [-0.25, -0.2) is 8.42 Å². The number of ether oxygens (including phenoxy) is 1. The van der Waals surface area contributed by atoms with Crippen molar-refractivity contribution in [2.24, 2.45) is 5.92 Å². The van der Waals surface area contributed by atoms with Crippen LogP contribution in [0.15, 0.2) is 29.2 Å². The summed E-state index contributed by atoms with van der Waals surface area (Å²) in [7, 11) is -3.59. The molecule has 1 N–H and O–H groups in total. The van der Waals surface area contributed by atoms with Crippen LogP contribution in [-0.2, 0) is 14.8 Å². The summed E-state index contributed by atoms with van der Waals surface area (Å²) >= 11 is 0. The average Bonchev–Trinajstić information content (AvgIpc) is 2.69. The molecule has 1 aliphatic carbocycles. The summed E-state index contributed by atoms with van der Waals surface area (Å²) in [5, 5.41) is 3.13. The van der Waals surface area contributed by atoms with Gasteiger partial charge in [-0.05, 0) is 37.0 Å². The van der Waals surface area contributed by atoms with E-state index in [0.29, 0.717) is 37.8 Å². The predicted octanol–water partition coefficient (Wildman–Crippen LogP) is 2.41. The lowest BCUT2D eigenvalue weighted by molar-refractivity contribution is 0.0730. The van der Waals surface area contributed by atoms with Gasteiger partial charge in [0.15, 0.2) is 0 Å². The van der Waals surface area contributed by atoms with Gasteiger partial charge in [0.2, 0.25) is 10.0 Å². The molecule has 2 fully saturated rings. The molecule has 1 heterocycles. The van der Waals surface area contributed by atoms with Crippen LogP contribution in [0, 0.1) is 5.92 Å². The van der Waals surface area contributed by atoms with Crippen LogP contribution < -0.4 is 5.32 Å². The Bertz CT molecular complexity index is 729. The predicted molar refractivity (Wildman–Crippen MR) is 99.5 cm³/mol. The first kappa shape index (κ1) is 19.3. The van der Waals surface area contributed by atoms with Crippen molar-refractivity contribution in [1.29, 1.82) is 0 Å². The second kappa shape index (κ2) is 8.50. The number of hydrogen-bond donors (Lipinski definition) is 1. The third-order valence-electron chi connectivity index (χ3n) is 5.45. The lowest BCUT2D eigenvalue weighted by Crippen LogP contribution is -2.42. The Morgan fingerprint density at radius 3 is 2.69 bits per heavy atom. The molecule has 144 valence electrons. The van der Waals surface area contributed by atoms with Gasteiger partial charge in [-0.15, -0.1) is 0 Å². The summed E-state index contributed by atoms with van der Waals surface area (Å²) in [5.74, 6) is 0.322. The number of nitrogens with one attached hydrogen (secondary N) is 1. The number of nitrogens with zero attached hydrogens (tertiary/aromatic N) is 1. The molecular weight excluding hydrogens is 352 g/mol. The number of benzene rings is 1. The van der Waals surface area contributed by atoms with E-state index >= 15 is 0 Å². The molecule has 26 heavy (non-hydrogen) atoms. The van der Waals surface area contributed by atoms with Crippen molar-refractivity contribution in [2.45, 2.75) is 50.0 Å². The first-order chi connectivity index (χ1) is 12.5. The van der Waals surface area contributed by atoms with E-state index in [-0.39, 0.29) is 16.8 Å². The summed E-state index contributed by atoms with van der Waals surface area (Å²) in [6.07, 6.45) is 5.55. The van der Waals surface area contributed by atoms with Crippen molar-refractivity contribution in [3.8, 4) is 0 Å². The van der Waals surface area contributed by atoms with Crippen LogP contribution in [0.5, 0.6) is 0 Å². The van der Waals surface area contributed by atoms with E-state index in [2.05, 4.69) is 12.2 Å². The van der Waals surface area contributed by atoms with E-state index in [1.54, 1.807) is 18.2 Å². The molecule has 1 aromatic carbocycles. The second-order valence-corrected chi connectivity index (χ2v) is 9.01. The van der Waals surface area contributed by atoms with Crippen molar-refractivity contribution in [1.82, 2.24) is 9.62 Å². The minimum atomic E-state index is -3.59. The molecule has 0 spiro atoms. The van der Waals surface area contributed by atoms with Crippen molar-refractivity contribution >= 4 is 15.9 Å². The molecule has 3 rings (SSSR count). The number of carbonyl (C=O) groups excluding carboxylic acids is 1. The summed E-state index contributed by atoms with van der Waals surface area (Å²) in [4.78, 5) is 12.9. The van der Waals surface area contributed by atoms with Gasteiger partial charge in [0, 0.05) is 24.7 Å². The minimum absolute atomic E-state index is 0.169. The largest absolute Gasteiger partial charge is 0.379 e. The smallest absolute Gasteiger partial charge is 0.251 e. The molecule has 1 saturated carbocycles. The number of carbonyl (C=O) groups is 1. The Hall–Kier alpha value is -1.44. The molecule has 1 aromatic rings. The van der Waals surface area contributed by atoms with E-state index in [1.165, 1.54) is 16.8 Å². The summed E-state index contributed by atoms with van der Waals surface area (Å²) in [5.41, 5.74) is 0.403. The van der Waals surface area contributed by atoms with E-state index in [0.717, 1.165) is 25.7 Å². The highest BCUT2D eigenvalue weighted by atomic mass is 32.2. The van der Waals surface area contributed by atoms with E-state index < -0.39 is 10.0 Å². The van der Waals surface area contributed by atoms with Gasteiger partial charge in [0.05, 0.1) is 18.1 Å². The van der Waals surface area contributed by atoms with E-state index in [1.807, 2.05) is 0 Å². The summed E-state index contributed by atoms with van der Waals surface area (Å²) in [6, 6.07) is 6.54. The molecule has 1 saturated heterocycles. The molecule has 2 aliphatic rings. The normalized spacial score (nSPS) is 25.0. The topological polar surface area (TPSA) is 75.7 Å². The third kappa shape index (κ3) is 4.27. The zero-order valence-electron chi connectivity index (χ0n) is 15.3. The number of rotatable bonds is 5. The lowest BCUT2D eigenvalue weighted by atomic mass is 9.83. The Kier molecular flexibility index (Phi) is 6.32. The highest BCUT2D eigenvalue weighted by molar-refractivity contribution is 7.89. The molecule has 0 radical (unpaired) electrons. The van der Waals surface area contributed by atoms with Crippen molar-refractivity contribution in [2.75, 3.05) is 26.3 Å². The highest BCUT2D eigenvalue weighted by Gasteiger charge is 2.28. The van der Waals surface area contributed by atoms with Gasteiger partial charge >= 0.3 is 0 Å². The molecule has 2 unspecified atom stereocenters. The van der Waals surface area contributed by atoms with Crippen molar-refractivity contribution in [3.05, 3.63) is 29.8 Å². The van der Waals surface area contributed by atoms with Gasteiger partial charge in [-0.2, -0.15) is 4.31 Å². The SMILES string of the molecule is CCC1CCCCC1NC(=O)c1cccc(S(=O)(=O)N2CCOCC2)c1. The first-order valence-corrected chi connectivity index (χ1v) is 10.9. The highest BCUT2D eigenvalue weighted by Crippen LogP contribution is 2.27. The quantitative estimate of drug-likeness (QED) is 0.851. The third-order valence-corrected chi connectivity index (χ3v) is 7.35. The lowest BCUT2D eigenvalue weighted by Gasteiger charge is -2.31. The molecule has 6 nitrogen and oxygen atoms in total. The van der Waals surface area contributed by atoms with Crippen LogP contribution in [0.1, 0.15) is 49.4 Å². The van der Waals surface area contributed by atoms with Crippen LogP contribution in [0.2, 0.25) is 0 Å². The number of sulfonamides is 1.